The molecule has 4 heterocycles. The van der Waals surface area contributed by atoms with Crippen molar-refractivity contribution in [3.8, 4) is 0 Å². The zero-order valence-electron chi connectivity index (χ0n) is 27.9. The molecule has 1 fully saturated rings. The van der Waals surface area contributed by atoms with Gasteiger partial charge in [0.15, 0.2) is 0 Å². The topological polar surface area (TPSA) is 190 Å². The lowest BCUT2D eigenvalue weighted by atomic mass is 9.93. The molecule has 1 saturated heterocycles. The van der Waals surface area contributed by atoms with Crippen LogP contribution in [0.3, 0.4) is 0 Å². The van der Waals surface area contributed by atoms with Gasteiger partial charge in [0.05, 0.1) is 43.1 Å². The van der Waals surface area contributed by atoms with Gasteiger partial charge in [0.25, 0.3) is 0 Å². The van der Waals surface area contributed by atoms with Gasteiger partial charge in [-0.15, -0.1) is 0 Å². The molecule has 3 N–H and O–H groups in total. The molecule has 0 radical (unpaired) electrons. The summed E-state index contributed by atoms with van der Waals surface area (Å²) in [5, 5.41) is 15.7. The minimum Gasteiger partial charge on any atom is -0.460 e. The molecule has 3 amide bonds. The predicted octanol–water partition coefficient (Wildman–Crippen LogP) is 3.09. The minimum absolute atomic E-state index is 0.106. The number of rotatable bonds is 4. The van der Waals surface area contributed by atoms with Crippen LogP contribution in [0, 0.1) is 11.8 Å². The molecule has 4 rings (SSSR count). The largest absolute Gasteiger partial charge is 0.460 e. The van der Waals surface area contributed by atoms with Crippen LogP contribution in [0.2, 0.25) is 0 Å². The van der Waals surface area contributed by atoms with E-state index in [1.165, 1.54) is 29.5 Å². The number of ketones is 1. The Bertz CT molecular complexity index is 1570. The Balaban J connectivity index is 1.52. The number of carbonyl (C=O) groups excluding carboxylic acids is 5. The molecule has 0 saturated carbocycles. The number of anilines is 1. The number of nitrogens with one attached hydrogen (secondary N) is 2. The number of allylic oxidation sites excluding steroid dienone is 2. The van der Waals surface area contributed by atoms with Crippen LogP contribution in [0.15, 0.2) is 71.2 Å². The Kier molecular flexibility index (Phi) is 13.4. The van der Waals surface area contributed by atoms with Crippen molar-refractivity contribution in [2.24, 2.45) is 11.8 Å². The van der Waals surface area contributed by atoms with Crippen LogP contribution in [0.4, 0.5) is 10.5 Å². The number of hydrogen-bond acceptors (Lipinski definition) is 11. The fourth-order valence-corrected chi connectivity index (χ4v) is 5.63. The van der Waals surface area contributed by atoms with Crippen molar-refractivity contribution in [3.05, 3.63) is 78.3 Å². The highest BCUT2D eigenvalue weighted by Crippen LogP contribution is 2.25. The maximum Gasteiger partial charge on any atom is 0.411 e. The minimum atomic E-state index is -1.03. The lowest BCUT2D eigenvalue weighted by Gasteiger charge is -2.30. The SMILES string of the molecule is CC1=C\[C@@H](O)CC(=O)Cc2nc(co2)CC(=O)N2CCC[C@@H]2C(=O)O[C@H]([C@H](C)COC(=O)Nc2cccnc2)[C@H](C)/C=C/C(=O)NC\C=C\1. The quantitative estimate of drug-likeness (QED) is 0.403. The van der Waals surface area contributed by atoms with Gasteiger partial charge in [-0.05, 0) is 38.0 Å². The molecular weight excluding hydrogens is 634 g/mol. The summed E-state index contributed by atoms with van der Waals surface area (Å²) in [6, 6.07) is 2.48. The molecule has 262 valence electrons. The van der Waals surface area contributed by atoms with E-state index in [0.717, 1.165) is 0 Å². The standard InChI is InChI=1S/C35H43N5O9/c1-22-7-4-13-37-30(43)11-10-23(2)33(24(3)20-48-35(46)39-25-8-5-12-36-19-25)49-34(45)29-9-6-14-40(29)32(44)16-26-21-47-31(38-26)18-28(42)17-27(41)15-22/h4-5,7-8,10-12,15,19,21,23-24,27,29,33,41H,6,9,13-14,16-18,20H2,1-3H3,(H,37,43)(H,39,46)/b7-4+,11-10+,22-15+/t23-,24-,27-,29-,33+/m1/s1. The van der Waals surface area contributed by atoms with Crippen LogP contribution in [0.5, 0.6) is 0 Å². The number of cyclic esters (lactones) is 1. The summed E-state index contributed by atoms with van der Waals surface area (Å²) in [5.41, 5.74) is 1.46. The molecule has 2 aliphatic rings. The number of pyridine rings is 1. The third kappa shape index (κ3) is 11.5. The van der Waals surface area contributed by atoms with Gasteiger partial charge in [0.2, 0.25) is 17.7 Å². The second-order valence-electron chi connectivity index (χ2n) is 12.3. The van der Waals surface area contributed by atoms with Crippen molar-refractivity contribution in [3.63, 3.8) is 0 Å². The van der Waals surface area contributed by atoms with Crippen molar-refractivity contribution in [2.75, 3.05) is 25.0 Å². The Morgan fingerprint density at radius 2 is 2.04 bits per heavy atom. The van der Waals surface area contributed by atoms with Crippen LogP contribution in [0.25, 0.3) is 0 Å². The molecule has 0 unspecified atom stereocenters. The number of aliphatic hydroxyl groups excluding tert-OH is 1. The number of oxazole rings is 1. The number of aliphatic hydroxyl groups is 1. The first kappa shape index (κ1) is 36.7. The highest BCUT2D eigenvalue weighted by molar-refractivity contribution is 5.88. The van der Waals surface area contributed by atoms with Crippen molar-refractivity contribution in [2.45, 2.75) is 71.1 Å². The van der Waals surface area contributed by atoms with Gasteiger partial charge in [0, 0.05) is 37.5 Å². The smallest absolute Gasteiger partial charge is 0.411 e. The maximum atomic E-state index is 13.6. The molecule has 2 bridgehead atoms. The number of hydrogen-bond donors (Lipinski definition) is 3. The predicted molar refractivity (Wildman–Crippen MR) is 177 cm³/mol. The van der Waals surface area contributed by atoms with Gasteiger partial charge in [-0.2, -0.15) is 0 Å². The lowest BCUT2D eigenvalue weighted by Crippen LogP contribution is -2.45. The van der Waals surface area contributed by atoms with Crippen LogP contribution < -0.4 is 10.6 Å². The van der Waals surface area contributed by atoms with Crippen LogP contribution in [-0.4, -0.2) is 87.6 Å². The number of carbonyl (C=O) groups is 5. The van der Waals surface area contributed by atoms with Gasteiger partial charge < -0.3 is 29.2 Å². The Morgan fingerprint density at radius 3 is 2.82 bits per heavy atom. The van der Waals surface area contributed by atoms with Crippen LogP contribution in [0.1, 0.15) is 51.6 Å². The second kappa shape index (κ2) is 17.9. The second-order valence-corrected chi connectivity index (χ2v) is 12.3. The van der Waals surface area contributed by atoms with E-state index >= 15 is 0 Å². The molecule has 2 aromatic rings. The zero-order valence-corrected chi connectivity index (χ0v) is 27.9. The van der Waals surface area contributed by atoms with E-state index in [1.54, 1.807) is 57.3 Å². The number of nitrogens with zero attached hydrogens (tertiary/aromatic N) is 3. The van der Waals surface area contributed by atoms with Gasteiger partial charge >= 0.3 is 12.1 Å². The number of amides is 3. The van der Waals surface area contributed by atoms with Gasteiger partial charge in [-0.1, -0.05) is 43.7 Å². The summed E-state index contributed by atoms with van der Waals surface area (Å²) < 4.78 is 16.9. The normalized spacial score (nSPS) is 26.2. The van der Waals surface area contributed by atoms with Crippen molar-refractivity contribution >= 4 is 35.3 Å². The summed E-state index contributed by atoms with van der Waals surface area (Å²) in [6.45, 7) is 5.73. The average Bonchev–Trinajstić information content (AvgIpc) is 3.73. The summed E-state index contributed by atoms with van der Waals surface area (Å²) in [7, 11) is 0. The van der Waals surface area contributed by atoms with Crippen molar-refractivity contribution < 1.29 is 43.0 Å². The lowest BCUT2D eigenvalue weighted by molar-refractivity contribution is -0.162. The molecule has 0 spiro atoms. The molecule has 2 aliphatic heterocycles. The monoisotopic (exact) mass is 677 g/mol. The number of ether oxygens (including phenoxy) is 2. The Hall–Kier alpha value is -5.11. The summed E-state index contributed by atoms with van der Waals surface area (Å²) in [6.07, 6.45) is 10.2. The van der Waals surface area contributed by atoms with E-state index in [2.05, 4.69) is 20.6 Å². The third-order valence-electron chi connectivity index (χ3n) is 8.06. The number of esters is 1. The van der Waals surface area contributed by atoms with E-state index in [-0.39, 0.29) is 55.9 Å². The Morgan fingerprint density at radius 1 is 1.22 bits per heavy atom. The molecule has 49 heavy (non-hydrogen) atoms. The fraction of sp³-hybridized carbons (Fsp3) is 0.457. The molecule has 14 nitrogen and oxygen atoms in total. The van der Waals surface area contributed by atoms with E-state index < -0.39 is 42.1 Å². The first-order chi connectivity index (χ1) is 23.5. The first-order valence-electron chi connectivity index (χ1n) is 16.3. The van der Waals surface area contributed by atoms with Gasteiger partial charge in [-0.3, -0.25) is 24.7 Å². The van der Waals surface area contributed by atoms with E-state index in [9.17, 15) is 29.1 Å². The number of Topliss-reactive ketones (excluding diaryl/α,β-unsaturated/α-hetero) is 1. The first-order valence-corrected chi connectivity index (χ1v) is 16.3. The average molecular weight is 678 g/mol. The van der Waals surface area contributed by atoms with Gasteiger partial charge in [0.1, 0.15) is 24.2 Å². The van der Waals surface area contributed by atoms with Gasteiger partial charge in [-0.25, -0.2) is 14.6 Å². The highest BCUT2D eigenvalue weighted by Gasteiger charge is 2.38. The fourth-order valence-electron chi connectivity index (χ4n) is 5.63. The van der Waals surface area contributed by atoms with E-state index in [1.807, 2.05) is 0 Å². The van der Waals surface area contributed by atoms with E-state index in [4.69, 9.17) is 13.9 Å². The summed E-state index contributed by atoms with van der Waals surface area (Å²) >= 11 is 0. The molecular formula is C35H43N5O9. The van der Waals surface area contributed by atoms with Crippen LogP contribution in [-0.2, 0) is 41.5 Å². The maximum absolute atomic E-state index is 13.6. The van der Waals surface area contributed by atoms with E-state index in [0.29, 0.717) is 36.3 Å². The van der Waals surface area contributed by atoms with Crippen LogP contribution >= 0.6 is 0 Å². The summed E-state index contributed by atoms with van der Waals surface area (Å²) in [4.78, 5) is 74.2. The molecule has 14 heteroatoms. The zero-order chi connectivity index (χ0) is 35.3. The molecule has 0 aliphatic carbocycles. The van der Waals surface area contributed by atoms with Crippen molar-refractivity contribution in [1.82, 2.24) is 20.2 Å². The highest BCUT2D eigenvalue weighted by atomic mass is 16.6. The molecule has 0 aromatic carbocycles. The number of fused-ring (bicyclic) bond motifs is 3. The Labute approximate surface area is 284 Å². The molecule has 5 atom stereocenters. The molecule has 2 aromatic heterocycles. The van der Waals surface area contributed by atoms with Crippen molar-refractivity contribution in [1.29, 1.82) is 0 Å². The summed E-state index contributed by atoms with van der Waals surface area (Å²) in [5.74, 6) is -2.50. The number of aromatic nitrogens is 2. The third-order valence-corrected chi connectivity index (χ3v) is 8.06.